The predicted octanol–water partition coefficient (Wildman–Crippen LogP) is 3.05. The van der Waals surface area contributed by atoms with E-state index in [1.165, 1.54) is 11.8 Å². The Morgan fingerprint density at radius 1 is 1.18 bits per heavy atom. The summed E-state index contributed by atoms with van der Waals surface area (Å²) in [5.74, 6) is -0.0322. The Bertz CT molecular complexity index is 621. The van der Waals surface area contributed by atoms with Gasteiger partial charge >= 0.3 is 0 Å². The van der Waals surface area contributed by atoms with E-state index in [-0.39, 0.29) is 11.8 Å². The van der Waals surface area contributed by atoms with Crippen LogP contribution < -0.4 is 5.32 Å². The molecule has 0 saturated carbocycles. The monoisotopic (exact) mass is 316 g/mol. The van der Waals surface area contributed by atoms with E-state index >= 15 is 0 Å². The van der Waals surface area contributed by atoms with E-state index in [0.717, 1.165) is 5.56 Å². The van der Waals surface area contributed by atoms with Crippen LogP contribution in [0.3, 0.4) is 0 Å². The lowest BCUT2D eigenvalue weighted by Gasteiger charge is -2.20. The Labute approximate surface area is 134 Å². The number of nitrogens with one attached hydrogen (secondary N) is 1. The van der Waals surface area contributed by atoms with Gasteiger partial charge in [-0.1, -0.05) is 18.2 Å². The molecule has 0 fully saturated rings. The molecule has 0 radical (unpaired) electrons. The molecule has 1 N–H and O–H groups in total. The summed E-state index contributed by atoms with van der Waals surface area (Å²) in [7, 11) is 0. The average Bonchev–Trinajstić information content (AvgIpc) is 3.03. The Hall–Kier alpha value is -2.14. The average molecular weight is 316 g/mol. The van der Waals surface area contributed by atoms with Crippen LogP contribution in [0.2, 0.25) is 0 Å². The molecule has 2 amide bonds. The number of nitrogens with zero attached hydrogens (tertiary/aromatic N) is 1. The molecule has 1 aromatic carbocycles. The summed E-state index contributed by atoms with van der Waals surface area (Å²) in [6, 6.07) is 11.4. The van der Waals surface area contributed by atoms with Gasteiger partial charge in [-0.2, -0.15) is 0 Å². The highest BCUT2D eigenvalue weighted by Crippen LogP contribution is 2.15. The summed E-state index contributed by atoms with van der Waals surface area (Å²) in [4.78, 5) is 26.4. The van der Waals surface area contributed by atoms with Crippen LogP contribution >= 0.6 is 11.3 Å². The van der Waals surface area contributed by atoms with Crippen LogP contribution in [-0.2, 0) is 17.9 Å². The molecule has 0 unspecified atom stereocenters. The standard InChI is InChI=1S/C17H20N2O2S/c1-3-19(12-16-5-4-10-22-16)17(21)15-8-6-14(7-9-15)11-18-13(2)20/h4-10H,3,11-12H2,1-2H3,(H,18,20). The summed E-state index contributed by atoms with van der Waals surface area (Å²) >= 11 is 1.66. The van der Waals surface area contributed by atoms with Gasteiger partial charge in [0.05, 0.1) is 6.54 Å². The lowest BCUT2D eigenvalue weighted by molar-refractivity contribution is -0.119. The van der Waals surface area contributed by atoms with Gasteiger partial charge in [-0.05, 0) is 36.1 Å². The smallest absolute Gasteiger partial charge is 0.254 e. The summed E-state index contributed by atoms with van der Waals surface area (Å²) < 4.78 is 0. The SMILES string of the molecule is CCN(Cc1cccs1)C(=O)c1ccc(CNC(C)=O)cc1. The Balaban J connectivity index is 2.02. The van der Waals surface area contributed by atoms with E-state index in [1.807, 2.05) is 53.6 Å². The first-order valence-corrected chi connectivity index (χ1v) is 8.13. The molecule has 0 aliphatic carbocycles. The van der Waals surface area contributed by atoms with Crippen molar-refractivity contribution in [3.8, 4) is 0 Å². The van der Waals surface area contributed by atoms with Crippen molar-refractivity contribution in [2.75, 3.05) is 6.54 Å². The molecule has 4 nitrogen and oxygen atoms in total. The third-order valence-electron chi connectivity index (χ3n) is 3.34. The normalized spacial score (nSPS) is 10.3. The number of rotatable bonds is 6. The minimum atomic E-state index is -0.0618. The fourth-order valence-corrected chi connectivity index (χ4v) is 2.81. The van der Waals surface area contributed by atoms with Crippen molar-refractivity contribution < 1.29 is 9.59 Å². The molecule has 0 saturated heterocycles. The minimum absolute atomic E-state index is 0.0296. The first kappa shape index (κ1) is 16.2. The van der Waals surface area contributed by atoms with Crippen LogP contribution in [0.25, 0.3) is 0 Å². The topological polar surface area (TPSA) is 49.4 Å². The lowest BCUT2D eigenvalue weighted by atomic mass is 10.1. The molecule has 2 rings (SSSR count). The van der Waals surface area contributed by atoms with E-state index in [9.17, 15) is 9.59 Å². The number of benzene rings is 1. The zero-order chi connectivity index (χ0) is 15.9. The highest BCUT2D eigenvalue weighted by atomic mass is 32.1. The molecule has 0 aliphatic rings. The van der Waals surface area contributed by atoms with Crippen molar-refractivity contribution in [2.45, 2.75) is 26.9 Å². The highest BCUT2D eigenvalue weighted by Gasteiger charge is 2.14. The summed E-state index contributed by atoms with van der Waals surface area (Å²) in [6.45, 7) is 5.26. The van der Waals surface area contributed by atoms with Crippen LogP contribution in [0.15, 0.2) is 41.8 Å². The highest BCUT2D eigenvalue weighted by molar-refractivity contribution is 7.09. The van der Waals surface area contributed by atoms with Crippen molar-refractivity contribution in [3.05, 3.63) is 57.8 Å². The van der Waals surface area contributed by atoms with Gasteiger partial charge in [0, 0.05) is 30.5 Å². The third-order valence-corrected chi connectivity index (χ3v) is 4.20. The molecule has 22 heavy (non-hydrogen) atoms. The largest absolute Gasteiger partial charge is 0.352 e. The van der Waals surface area contributed by atoms with Crippen LogP contribution in [0.1, 0.15) is 34.6 Å². The molecule has 2 aromatic rings. The maximum absolute atomic E-state index is 12.5. The Morgan fingerprint density at radius 2 is 1.91 bits per heavy atom. The second-order valence-electron chi connectivity index (χ2n) is 5.01. The number of hydrogen-bond acceptors (Lipinski definition) is 3. The molecule has 0 aliphatic heterocycles. The molecule has 116 valence electrons. The maximum Gasteiger partial charge on any atom is 0.254 e. The quantitative estimate of drug-likeness (QED) is 0.890. The lowest BCUT2D eigenvalue weighted by Crippen LogP contribution is -2.30. The summed E-state index contributed by atoms with van der Waals surface area (Å²) in [5.41, 5.74) is 1.65. The number of carbonyl (C=O) groups excluding carboxylic acids is 2. The second kappa shape index (κ2) is 7.75. The zero-order valence-electron chi connectivity index (χ0n) is 12.8. The molecule has 1 aromatic heterocycles. The first-order valence-electron chi connectivity index (χ1n) is 7.25. The molecular weight excluding hydrogens is 296 g/mol. The minimum Gasteiger partial charge on any atom is -0.352 e. The Kier molecular flexibility index (Phi) is 5.72. The van der Waals surface area contributed by atoms with Gasteiger partial charge < -0.3 is 10.2 Å². The molecule has 5 heteroatoms. The van der Waals surface area contributed by atoms with Crippen molar-refractivity contribution in [1.29, 1.82) is 0 Å². The molecule has 1 heterocycles. The molecule has 0 bridgehead atoms. The number of carbonyl (C=O) groups is 2. The van der Waals surface area contributed by atoms with Gasteiger partial charge in [-0.25, -0.2) is 0 Å². The van der Waals surface area contributed by atoms with Gasteiger partial charge in [0.25, 0.3) is 5.91 Å². The van der Waals surface area contributed by atoms with E-state index in [2.05, 4.69) is 5.32 Å². The van der Waals surface area contributed by atoms with Crippen LogP contribution in [0.4, 0.5) is 0 Å². The predicted molar refractivity (Wildman–Crippen MR) is 88.7 cm³/mol. The van der Waals surface area contributed by atoms with Gasteiger partial charge in [0.1, 0.15) is 0 Å². The first-order chi connectivity index (χ1) is 10.6. The number of amides is 2. The number of hydrogen-bond donors (Lipinski definition) is 1. The molecule has 0 atom stereocenters. The van der Waals surface area contributed by atoms with E-state index < -0.39 is 0 Å². The van der Waals surface area contributed by atoms with E-state index in [4.69, 9.17) is 0 Å². The van der Waals surface area contributed by atoms with Gasteiger partial charge in [-0.15, -0.1) is 11.3 Å². The zero-order valence-corrected chi connectivity index (χ0v) is 13.7. The van der Waals surface area contributed by atoms with Gasteiger partial charge in [0.15, 0.2) is 0 Å². The van der Waals surface area contributed by atoms with Gasteiger partial charge in [0.2, 0.25) is 5.91 Å². The fourth-order valence-electron chi connectivity index (χ4n) is 2.09. The second-order valence-corrected chi connectivity index (χ2v) is 6.04. The number of thiophene rings is 1. The maximum atomic E-state index is 12.5. The van der Waals surface area contributed by atoms with Crippen molar-refractivity contribution in [2.24, 2.45) is 0 Å². The van der Waals surface area contributed by atoms with Crippen molar-refractivity contribution >= 4 is 23.2 Å². The molecular formula is C17H20N2O2S. The van der Waals surface area contributed by atoms with Crippen LogP contribution in [0.5, 0.6) is 0 Å². The van der Waals surface area contributed by atoms with Crippen LogP contribution in [-0.4, -0.2) is 23.3 Å². The fraction of sp³-hybridized carbons (Fsp3) is 0.294. The van der Waals surface area contributed by atoms with E-state index in [1.54, 1.807) is 11.3 Å². The van der Waals surface area contributed by atoms with Gasteiger partial charge in [-0.3, -0.25) is 9.59 Å². The van der Waals surface area contributed by atoms with E-state index in [0.29, 0.717) is 25.2 Å². The summed E-state index contributed by atoms with van der Waals surface area (Å²) in [5, 5.41) is 4.76. The van der Waals surface area contributed by atoms with Crippen LogP contribution in [0, 0.1) is 0 Å². The third kappa shape index (κ3) is 4.43. The Morgan fingerprint density at radius 3 is 2.45 bits per heavy atom. The van der Waals surface area contributed by atoms with Crippen molar-refractivity contribution in [3.63, 3.8) is 0 Å². The molecule has 0 spiro atoms. The summed E-state index contributed by atoms with van der Waals surface area (Å²) in [6.07, 6.45) is 0. The van der Waals surface area contributed by atoms with Crippen molar-refractivity contribution in [1.82, 2.24) is 10.2 Å².